The van der Waals surface area contributed by atoms with Gasteiger partial charge in [0.1, 0.15) is 0 Å². The van der Waals surface area contributed by atoms with Crippen LogP contribution in [0.4, 0.5) is 0 Å². The minimum Gasteiger partial charge on any atom is -0.306 e. The Bertz CT molecular complexity index is 726. The van der Waals surface area contributed by atoms with E-state index in [4.69, 9.17) is 0 Å². The molecule has 1 heterocycles. The van der Waals surface area contributed by atoms with Crippen molar-refractivity contribution in [2.24, 2.45) is 0 Å². The van der Waals surface area contributed by atoms with Crippen molar-refractivity contribution in [3.05, 3.63) is 43.0 Å². The zero-order chi connectivity index (χ0) is 12.2. The van der Waals surface area contributed by atoms with Crippen LogP contribution in [0.15, 0.2) is 26.2 Å². The highest BCUT2D eigenvalue weighted by atomic mass is 79.9. The van der Waals surface area contributed by atoms with E-state index >= 15 is 0 Å². The van der Waals surface area contributed by atoms with Gasteiger partial charge in [0.2, 0.25) is 0 Å². The van der Waals surface area contributed by atoms with Gasteiger partial charge in [-0.1, -0.05) is 0 Å². The number of nitrogens with one attached hydrogen (secondary N) is 1. The zero-order valence-corrected chi connectivity index (χ0v) is 10.9. The average Bonchev–Trinajstić information content (AvgIpc) is 3.04. The largest absolute Gasteiger partial charge is 0.329 e. The van der Waals surface area contributed by atoms with Crippen LogP contribution in [-0.2, 0) is 0 Å². The number of H-pyrrole nitrogens is 1. The van der Waals surface area contributed by atoms with Crippen LogP contribution in [-0.4, -0.2) is 9.55 Å². The van der Waals surface area contributed by atoms with Gasteiger partial charge >= 0.3 is 5.69 Å². The summed E-state index contributed by atoms with van der Waals surface area (Å²) in [5.41, 5.74) is 1.09. The summed E-state index contributed by atoms with van der Waals surface area (Å²) in [6.45, 7) is 1.93. The van der Waals surface area contributed by atoms with Crippen LogP contribution in [0.25, 0.3) is 10.9 Å². The topological polar surface area (TPSA) is 54.9 Å². The maximum absolute atomic E-state index is 12.3. The second kappa shape index (κ2) is 3.57. The molecule has 1 fully saturated rings. The number of halogens is 1. The number of nitrogens with zero attached hydrogens (tertiary/aromatic N) is 1. The molecule has 0 aliphatic heterocycles. The molecular weight excluding hydrogens is 284 g/mol. The van der Waals surface area contributed by atoms with Crippen molar-refractivity contribution in [3.63, 3.8) is 0 Å². The first-order valence-electron chi connectivity index (χ1n) is 5.52. The summed E-state index contributed by atoms with van der Waals surface area (Å²) < 4.78 is 2.10. The number of benzene rings is 1. The molecule has 1 aliphatic carbocycles. The van der Waals surface area contributed by atoms with Gasteiger partial charge in [0.25, 0.3) is 5.56 Å². The number of rotatable bonds is 1. The third-order valence-corrected chi connectivity index (χ3v) is 3.67. The molecule has 1 aliphatic rings. The lowest BCUT2D eigenvalue weighted by atomic mass is 10.2. The minimum absolute atomic E-state index is 0.0925. The molecular formula is C12H11BrN2O2. The Morgan fingerprint density at radius 2 is 2.06 bits per heavy atom. The van der Waals surface area contributed by atoms with Gasteiger partial charge in [0.05, 0.1) is 10.9 Å². The Balaban J connectivity index is 2.49. The van der Waals surface area contributed by atoms with Gasteiger partial charge in [-0.2, -0.15) is 0 Å². The number of hydrogen-bond acceptors (Lipinski definition) is 2. The molecule has 4 nitrogen and oxygen atoms in total. The fourth-order valence-corrected chi connectivity index (χ4v) is 2.77. The third kappa shape index (κ3) is 1.65. The highest BCUT2D eigenvalue weighted by Crippen LogP contribution is 2.32. The highest BCUT2D eigenvalue weighted by molar-refractivity contribution is 9.10. The summed E-state index contributed by atoms with van der Waals surface area (Å²) in [7, 11) is 0. The first kappa shape index (κ1) is 10.8. The lowest BCUT2D eigenvalue weighted by Gasteiger charge is -2.06. The van der Waals surface area contributed by atoms with Crippen molar-refractivity contribution in [2.75, 3.05) is 0 Å². The van der Waals surface area contributed by atoms with Crippen molar-refractivity contribution >= 4 is 26.8 Å². The van der Waals surface area contributed by atoms with Crippen LogP contribution < -0.4 is 11.2 Å². The minimum atomic E-state index is -0.311. The van der Waals surface area contributed by atoms with Gasteiger partial charge in [-0.3, -0.25) is 9.36 Å². The van der Waals surface area contributed by atoms with E-state index in [1.807, 2.05) is 19.1 Å². The summed E-state index contributed by atoms with van der Waals surface area (Å²) in [6.07, 6.45) is 1.84. The molecule has 0 atom stereocenters. The first-order valence-corrected chi connectivity index (χ1v) is 6.32. The van der Waals surface area contributed by atoms with Crippen LogP contribution in [0.2, 0.25) is 0 Å². The predicted molar refractivity (Wildman–Crippen MR) is 69.5 cm³/mol. The molecule has 0 bridgehead atoms. The van der Waals surface area contributed by atoms with Crippen molar-refractivity contribution in [2.45, 2.75) is 25.8 Å². The molecule has 0 radical (unpaired) electrons. The average molecular weight is 295 g/mol. The Hall–Kier alpha value is -1.36. The fraction of sp³-hybridized carbons (Fsp3) is 0.333. The van der Waals surface area contributed by atoms with E-state index in [0.717, 1.165) is 22.9 Å². The Labute approximate surface area is 105 Å². The number of aromatic amines is 1. The summed E-state index contributed by atoms with van der Waals surface area (Å²) in [5.74, 6) is 0. The molecule has 1 saturated carbocycles. The monoisotopic (exact) mass is 294 g/mol. The van der Waals surface area contributed by atoms with Crippen LogP contribution in [0.1, 0.15) is 24.4 Å². The maximum atomic E-state index is 12.3. The summed E-state index contributed by atoms with van der Waals surface area (Å²) >= 11 is 3.37. The van der Waals surface area contributed by atoms with Crippen molar-refractivity contribution in [1.82, 2.24) is 9.55 Å². The van der Waals surface area contributed by atoms with E-state index in [9.17, 15) is 9.59 Å². The van der Waals surface area contributed by atoms with E-state index in [1.54, 1.807) is 0 Å². The summed E-state index contributed by atoms with van der Waals surface area (Å²) in [6, 6.07) is 3.80. The molecule has 1 aromatic carbocycles. The standard InChI is InChI=1S/C12H11BrN2O2/c1-6-4-8-10(9(13)5-6)14-12(17)15(11(8)16)7-2-3-7/h4-5,7H,2-3H2,1H3,(H,14,17). The number of aryl methyl sites for hydroxylation is 1. The van der Waals surface area contributed by atoms with E-state index in [0.29, 0.717) is 10.9 Å². The molecule has 0 spiro atoms. The maximum Gasteiger partial charge on any atom is 0.329 e. The molecule has 2 aromatic rings. The van der Waals surface area contributed by atoms with Crippen molar-refractivity contribution in [1.29, 1.82) is 0 Å². The smallest absolute Gasteiger partial charge is 0.306 e. The lowest BCUT2D eigenvalue weighted by Crippen LogP contribution is -2.34. The van der Waals surface area contributed by atoms with Crippen LogP contribution >= 0.6 is 15.9 Å². The fourth-order valence-electron chi connectivity index (χ4n) is 2.09. The molecule has 88 valence electrons. The van der Waals surface area contributed by atoms with E-state index in [2.05, 4.69) is 20.9 Å². The van der Waals surface area contributed by atoms with E-state index in [1.165, 1.54) is 4.57 Å². The zero-order valence-electron chi connectivity index (χ0n) is 9.29. The second-order valence-electron chi connectivity index (χ2n) is 4.51. The van der Waals surface area contributed by atoms with Gasteiger partial charge in [-0.25, -0.2) is 4.79 Å². The third-order valence-electron chi connectivity index (χ3n) is 3.05. The molecule has 5 heteroatoms. The quantitative estimate of drug-likeness (QED) is 0.876. The normalized spacial score (nSPS) is 15.4. The van der Waals surface area contributed by atoms with Crippen LogP contribution in [0, 0.1) is 6.92 Å². The molecule has 1 aromatic heterocycles. The number of fused-ring (bicyclic) bond motifs is 1. The molecule has 1 N–H and O–H groups in total. The molecule has 3 rings (SSSR count). The molecule has 17 heavy (non-hydrogen) atoms. The molecule has 0 unspecified atom stereocenters. The summed E-state index contributed by atoms with van der Waals surface area (Å²) in [4.78, 5) is 26.9. The summed E-state index contributed by atoms with van der Waals surface area (Å²) in [5, 5.41) is 0.573. The van der Waals surface area contributed by atoms with Crippen LogP contribution in [0.5, 0.6) is 0 Å². The van der Waals surface area contributed by atoms with Crippen LogP contribution in [0.3, 0.4) is 0 Å². The second-order valence-corrected chi connectivity index (χ2v) is 5.36. The van der Waals surface area contributed by atoms with Gasteiger partial charge in [0, 0.05) is 10.5 Å². The van der Waals surface area contributed by atoms with Gasteiger partial charge in [-0.05, 0) is 53.4 Å². The highest BCUT2D eigenvalue weighted by Gasteiger charge is 2.27. The number of aromatic nitrogens is 2. The molecule has 0 amide bonds. The van der Waals surface area contributed by atoms with E-state index in [-0.39, 0.29) is 17.3 Å². The Kier molecular flexibility index (Phi) is 2.26. The van der Waals surface area contributed by atoms with E-state index < -0.39 is 0 Å². The predicted octanol–water partition coefficient (Wildman–Crippen LogP) is 2.10. The Morgan fingerprint density at radius 1 is 1.35 bits per heavy atom. The first-order chi connectivity index (χ1) is 8.08. The van der Waals surface area contributed by atoms with Crippen molar-refractivity contribution in [3.8, 4) is 0 Å². The number of hydrogen-bond donors (Lipinski definition) is 1. The van der Waals surface area contributed by atoms with Gasteiger partial charge < -0.3 is 4.98 Å². The lowest BCUT2D eigenvalue weighted by molar-refractivity contribution is 0.665. The Morgan fingerprint density at radius 3 is 2.71 bits per heavy atom. The van der Waals surface area contributed by atoms with Gasteiger partial charge in [-0.15, -0.1) is 0 Å². The molecule has 0 saturated heterocycles. The van der Waals surface area contributed by atoms with Gasteiger partial charge in [0.15, 0.2) is 0 Å². The van der Waals surface area contributed by atoms with Crippen molar-refractivity contribution < 1.29 is 0 Å². The SMILES string of the molecule is Cc1cc(Br)c2[nH]c(=O)n(C3CC3)c(=O)c2c1.